The van der Waals surface area contributed by atoms with Crippen LogP contribution in [0.4, 0.5) is 0 Å². The van der Waals surface area contributed by atoms with E-state index in [0.717, 1.165) is 51.4 Å². The summed E-state index contributed by atoms with van der Waals surface area (Å²) in [6.45, 7) is 5.90. The first-order valence-corrected chi connectivity index (χ1v) is 11.7. The molecule has 162 valence electrons. The van der Waals surface area contributed by atoms with E-state index < -0.39 is 0 Å². The van der Waals surface area contributed by atoms with E-state index in [1.54, 1.807) is 0 Å². The van der Waals surface area contributed by atoms with Crippen LogP contribution >= 0.6 is 0 Å². The molecule has 30 heavy (non-hydrogen) atoms. The Morgan fingerprint density at radius 1 is 0.733 bits per heavy atom. The molecule has 0 spiro atoms. The molecule has 0 aromatic heterocycles. The van der Waals surface area contributed by atoms with Gasteiger partial charge in [0.1, 0.15) is 11.6 Å². The van der Waals surface area contributed by atoms with Crippen molar-refractivity contribution in [3.05, 3.63) is 59.7 Å². The number of rotatable bonds is 14. The summed E-state index contributed by atoms with van der Waals surface area (Å²) in [7, 11) is 0. The van der Waals surface area contributed by atoms with Crippen molar-refractivity contribution in [3.63, 3.8) is 0 Å². The number of ketones is 2. The summed E-state index contributed by atoms with van der Waals surface area (Å²) in [4.78, 5) is 23.2. The average molecular weight is 407 g/mol. The van der Waals surface area contributed by atoms with Gasteiger partial charge in [0.2, 0.25) is 0 Å². The maximum absolute atomic E-state index is 11.7. The van der Waals surface area contributed by atoms with Crippen LogP contribution in [0.25, 0.3) is 11.1 Å². The largest absolute Gasteiger partial charge is 0.300 e. The van der Waals surface area contributed by atoms with Crippen LogP contribution in [0.1, 0.15) is 83.3 Å². The van der Waals surface area contributed by atoms with Gasteiger partial charge in [-0.15, -0.1) is 0 Å². The average Bonchev–Trinajstić information content (AvgIpc) is 2.76. The zero-order chi connectivity index (χ0) is 21.8. The zero-order valence-electron chi connectivity index (χ0n) is 19.1. The van der Waals surface area contributed by atoms with Crippen LogP contribution in [0.5, 0.6) is 0 Å². The molecular weight excluding hydrogens is 368 g/mol. The minimum atomic E-state index is 0.163. The van der Waals surface area contributed by atoms with Crippen molar-refractivity contribution >= 4 is 11.6 Å². The van der Waals surface area contributed by atoms with Crippen molar-refractivity contribution in [2.45, 2.75) is 85.0 Å². The number of benzene rings is 2. The van der Waals surface area contributed by atoms with Crippen LogP contribution in [0.3, 0.4) is 0 Å². The monoisotopic (exact) mass is 406 g/mol. The summed E-state index contributed by atoms with van der Waals surface area (Å²) < 4.78 is 0. The highest BCUT2D eigenvalue weighted by molar-refractivity contribution is 5.80. The van der Waals surface area contributed by atoms with Crippen molar-refractivity contribution in [1.29, 1.82) is 0 Å². The number of unbranched alkanes of at least 4 members (excludes halogenated alkanes) is 3. The molecule has 0 bridgehead atoms. The number of hydrogen-bond acceptors (Lipinski definition) is 2. The van der Waals surface area contributed by atoms with Gasteiger partial charge in [-0.25, -0.2) is 0 Å². The number of Topliss-reactive ketones (excluding diaryl/α,β-unsaturated/α-hetero) is 2. The van der Waals surface area contributed by atoms with E-state index in [1.807, 2.05) is 20.8 Å². The summed E-state index contributed by atoms with van der Waals surface area (Å²) in [5.41, 5.74) is 5.25. The van der Waals surface area contributed by atoms with Gasteiger partial charge in [0.15, 0.2) is 0 Å². The topological polar surface area (TPSA) is 34.1 Å². The van der Waals surface area contributed by atoms with Crippen LogP contribution in [0.2, 0.25) is 0 Å². The Kier molecular flexibility index (Phi) is 10.5. The summed E-state index contributed by atoms with van der Waals surface area (Å²) in [6, 6.07) is 17.6. The van der Waals surface area contributed by atoms with E-state index in [1.165, 1.54) is 22.3 Å². The molecule has 0 aliphatic rings. The number of carbonyl (C=O) groups excluding carboxylic acids is 2. The molecule has 2 nitrogen and oxygen atoms in total. The van der Waals surface area contributed by atoms with Crippen molar-refractivity contribution in [1.82, 2.24) is 0 Å². The lowest BCUT2D eigenvalue weighted by Crippen LogP contribution is -2.06. The Balaban J connectivity index is 1.84. The fourth-order valence-electron chi connectivity index (χ4n) is 3.73. The van der Waals surface area contributed by atoms with Crippen LogP contribution in [-0.2, 0) is 22.4 Å². The Morgan fingerprint density at radius 2 is 1.27 bits per heavy atom. The molecule has 0 radical (unpaired) electrons. The standard InChI is InChI=1S/C28H38O2/c1-4-27(29)18-9-8-13-24-15-11-17-26(21-24)25-16-10-14-23(20-25)12-6-5-7-19-28(30)22(2)3/h10-11,14-17,20-22H,4-9,12-13,18-19H2,1-3H3. The molecule has 0 fully saturated rings. The second-order valence-electron chi connectivity index (χ2n) is 8.68. The molecule has 2 aromatic rings. The predicted molar refractivity (Wildman–Crippen MR) is 127 cm³/mol. The maximum atomic E-state index is 11.7. The third-order valence-corrected chi connectivity index (χ3v) is 5.79. The first kappa shape index (κ1) is 24.1. The van der Waals surface area contributed by atoms with E-state index in [9.17, 15) is 9.59 Å². The van der Waals surface area contributed by atoms with Gasteiger partial charge in [-0.2, -0.15) is 0 Å². The van der Waals surface area contributed by atoms with Gasteiger partial charge in [-0.3, -0.25) is 9.59 Å². The number of carbonyl (C=O) groups is 2. The molecule has 0 aliphatic heterocycles. The second kappa shape index (κ2) is 13.2. The Morgan fingerprint density at radius 3 is 1.80 bits per heavy atom. The van der Waals surface area contributed by atoms with E-state index in [0.29, 0.717) is 24.4 Å². The predicted octanol–water partition coefficient (Wildman–Crippen LogP) is 7.37. The van der Waals surface area contributed by atoms with Crippen molar-refractivity contribution in [2.75, 3.05) is 0 Å². The molecule has 0 saturated heterocycles. The minimum absolute atomic E-state index is 0.163. The summed E-state index contributed by atoms with van der Waals surface area (Å²) in [5, 5.41) is 0. The lowest BCUT2D eigenvalue weighted by atomic mass is 9.97. The van der Waals surface area contributed by atoms with Gasteiger partial charge in [0, 0.05) is 25.2 Å². The molecule has 0 amide bonds. The van der Waals surface area contributed by atoms with E-state index >= 15 is 0 Å². The van der Waals surface area contributed by atoms with Crippen LogP contribution in [0, 0.1) is 5.92 Å². The lowest BCUT2D eigenvalue weighted by Gasteiger charge is -2.08. The maximum Gasteiger partial charge on any atom is 0.135 e. The molecule has 0 saturated carbocycles. The van der Waals surface area contributed by atoms with E-state index in [4.69, 9.17) is 0 Å². The summed E-state index contributed by atoms with van der Waals surface area (Å²) in [6.07, 6.45) is 9.47. The first-order valence-electron chi connectivity index (χ1n) is 11.7. The van der Waals surface area contributed by atoms with Crippen molar-refractivity contribution in [2.24, 2.45) is 5.92 Å². The minimum Gasteiger partial charge on any atom is -0.300 e. The van der Waals surface area contributed by atoms with Gasteiger partial charge in [0.05, 0.1) is 0 Å². The fraction of sp³-hybridized carbons (Fsp3) is 0.500. The van der Waals surface area contributed by atoms with Gasteiger partial charge in [-0.05, 0) is 60.8 Å². The third-order valence-electron chi connectivity index (χ3n) is 5.79. The lowest BCUT2D eigenvalue weighted by molar-refractivity contribution is -0.122. The molecule has 0 atom stereocenters. The van der Waals surface area contributed by atoms with Crippen LogP contribution < -0.4 is 0 Å². The van der Waals surface area contributed by atoms with Gasteiger partial charge >= 0.3 is 0 Å². The molecule has 0 heterocycles. The Labute approximate surface area is 183 Å². The molecule has 2 rings (SSSR count). The number of aryl methyl sites for hydroxylation is 2. The van der Waals surface area contributed by atoms with E-state index in [-0.39, 0.29) is 5.92 Å². The molecule has 0 aliphatic carbocycles. The number of hydrogen-bond donors (Lipinski definition) is 0. The second-order valence-corrected chi connectivity index (χ2v) is 8.68. The van der Waals surface area contributed by atoms with Crippen LogP contribution in [0.15, 0.2) is 48.5 Å². The highest BCUT2D eigenvalue weighted by atomic mass is 16.1. The van der Waals surface area contributed by atoms with E-state index in [2.05, 4.69) is 48.5 Å². The Hall–Kier alpha value is -2.22. The highest BCUT2D eigenvalue weighted by Crippen LogP contribution is 2.23. The summed E-state index contributed by atoms with van der Waals surface area (Å²) in [5.74, 6) is 0.914. The van der Waals surface area contributed by atoms with Crippen molar-refractivity contribution in [3.8, 4) is 11.1 Å². The smallest absolute Gasteiger partial charge is 0.135 e. The van der Waals surface area contributed by atoms with Crippen molar-refractivity contribution < 1.29 is 9.59 Å². The SMILES string of the molecule is CCC(=O)CCCCc1cccc(-c2cccc(CCCCCC(=O)C(C)C)c2)c1. The normalized spacial score (nSPS) is 11.1. The van der Waals surface area contributed by atoms with Gasteiger partial charge < -0.3 is 0 Å². The molecule has 2 heteroatoms. The zero-order valence-corrected chi connectivity index (χ0v) is 19.1. The molecule has 2 aromatic carbocycles. The third kappa shape index (κ3) is 8.65. The fourth-order valence-corrected chi connectivity index (χ4v) is 3.73. The quantitative estimate of drug-likeness (QED) is 0.307. The highest BCUT2D eigenvalue weighted by Gasteiger charge is 2.06. The molecule has 0 unspecified atom stereocenters. The first-order chi connectivity index (χ1) is 14.5. The Bertz CT molecular complexity index is 804. The van der Waals surface area contributed by atoms with Gasteiger partial charge in [0.25, 0.3) is 0 Å². The summed E-state index contributed by atoms with van der Waals surface area (Å²) >= 11 is 0. The molecule has 0 N–H and O–H groups in total. The van der Waals surface area contributed by atoms with Gasteiger partial charge in [-0.1, -0.05) is 75.7 Å². The van der Waals surface area contributed by atoms with Crippen LogP contribution in [-0.4, -0.2) is 11.6 Å². The molecular formula is C28H38O2.